The lowest BCUT2D eigenvalue weighted by Gasteiger charge is -2.28. The quantitative estimate of drug-likeness (QED) is 0.680. The van der Waals surface area contributed by atoms with Gasteiger partial charge in [-0.1, -0.05) is 47.6 Å². The van der Waals surface area contributed by atoms with Crippen LogP contribution in [0, 0.1) is 18.8 Å². The van der Waals surface area contributed by atoms with Crippen molar-refractivity contribution in [2.75, 3.05) is 31.6 Å². The van der Waals surface area contributed by atoms with E-state index in [2.05, 4.69) is 63.6 Å². The number of hydrogen-bond acceptors (Lipinski definition) is 5. The minimum Gasteiger partial charge on any atom is -0.339 e. The minimum absolute atomic E-state index is 0. The summed E-state index contributed by atoms with van der Waals surface area (Å²) in [5.74, 6) is 2.08. The Morgan fingerprint density at radius 3 is 2.46 bits per heavy atom. The third-order valence-electron chi connectivity index (χ3n) is 6.14. The van der Waals surface area contributed by atoms with Crippen molar-refractivity contribution in [3.8, 4) is 5.69 Å². The van der Waals surface area contributed by atoms with Gasteiger partial charge in [0.25, 0.3) is 0 Å². The Hall–Kier alpha value is -2.44. The highest BCUT2D eigenvalue weighted by atomic mass is 35.5. The fraction of sp³-hybridized carbons (Fsp3) is 0.381. The number of nitrogens with zero attached hydrogens (tertiary/aromatic N) is 6. The first-order valence-electron chi connectivity index (χ1n) is 9.57. The molecule has 3 heterocycles. The summed E-state index contributed by atoms with van der Waals surface area (Å²) in [6.07, 6.45) is 0. The molecule has 5 rings (SSSR count). The van der Waals surface area contributed by atoms with Crippen molar-refractivity contribution in [3.63, 3.8) is 0 Å². The Kier molecular flexibility index (Phi) is 5.08. The number of halogens is 1. The van der Waals surface area contributed by atoms with Crippen molar-refractivity contribution in [3.05, 3.63) is 65.7 Å². The number of benzene rings is 2. The molecule has 1 aromatic heterocycles. The summed E-state index contributed by atoms with van der Waals surface area (Å²) in [6.45, 7) is 5.33. The molecule has 2 fully saturated rings. The largest absolute Gasteiger partial charge is 0.339 e. The van der Waals surface area contributed by atoms with Crippen LogP contribution < -0.4 is 4.90 Å². The van der Waals surface area contributed by atoms with Crippen molar-refractivity contribution in [2.45, 2.75) is 13.0 Å². The van der Waals surface area contributed by atoms with E-state index in [9.17, 15) is 0 Å². The summed E-state index contributed by atoms with van der Waals surface area (Å²) < 4.78 is 1.85. The summed E-state index contributed by atoms with van der Waals surface area (Å²) in [4.78, 5) is 4.88. The second-order valence-corrected chi connectivity index (χ2v) is 7.80. The molecule has 146 valence electrons. The predicted molar refractivity (Wildman–Crippen MR) is 112 cm³/mol. The third-order valence-corrected chi connectivity index (χ3v) is 6.14. The molecule has 0 saturated carbocycles. The Bertz CT molecular complexity index is 943. The van der Waals surface area contributed by atoms with Crippen LogP contribution in [0.4, 0.5) is 5.95 Å². The lowest BCUT2D eigenvalue weighted by molar-refractivity contribution is 0.278. The van der Waals surface area contributed by atoms with E-state index >= 15 is 0 Å². The number of likely N-dealkylation sites (tertiary alicyclic amines) is 1. The van der Waals surface area contributed by atoms with Gasteiger partial charge in [0, 0.05) is 31.6 Å². The second kappa shape index (κ2) is 7.53. The van der Waals surface area contributed by atoms with Gasteiger partial charge in [-0.05, 0) is 53.6 Å². The Morgan fingerprint density at radius 1 is 0.929 bits per heavy atom. The smallest absolute Gasteiger partial charge is 0.250 e. The molecule has 0 bridgehead atoms. The third kappa shape index (κ3) is 3.06. The van der Waals surface area contributed by atoms with Crippen molar-refractivity contribution in [2.24, 2.45) is 11.8 Å². The Morgan fingerprint density at radius 2 is 1.68 bits per heavy atom. The van der Waals surface area contributed by atoms with Gasteiger partial charge in [0.1, 0.15) is 0 Å². The van der Waals surface area contributed by atoms with E-state index in [0.717, 1.165) is 31.3 Å². The van der Waals surface area contributed by atoms with Gasteiger partial charge in [0.2, 0.25) is 5.95 Å². The second-order valence-electron chi connectivity index (χ2n) is 7.80. The van der Waals surface area contributed by atoms with E-state index in [4.69, 9.17) is 0 Å². The maximum atomic E-state index is 4.35. The van der Waals surface area contributed by atoms with Crippen LogP contribution in [0.1, 0.15) is 17.2 Å². The van der Waals surface area contributed by atoms with Gasteiger partial charge < -0.3 is 4.90 Å². The number of para-hydroxylation sites is 1. The molecule has 2 aliphatic rings. The van der Waals surface area contributed by atoms with Crippen LogP contribution in [0.3, 0.4) is 0 Å². The zero-order chi connectivity index (χ0) is 18.4. The average Bonchev–Trinajstić information content (AvgIpc) is 3.37. The summed E-state index contributed by atoms with van der Waals surface area (Å²) in [5.41, 5.74) is 3.83. The number of anilines is 1. The van der Waals surface area contributed by atoms with Crippen LogP contribution in [-0.4, -0.2) is 51.8 Å². The van der Waals surface area contributed by atoms with E-state index in [1.165, 1.54) is 11.1 Å². The van der Waals surface area contributed by atoms with Gasteiger partial charge in [0.05, 0.1) is 5.69 Å². The molecule has 2 aromatic carbocycles. The van der Waals surface area contributed by atoms with Gasteiger partial charge in [-0.3, -0.25) is 4.90 Å². The van der Waals surface area contributed by atoms with Crippen LogP contribution in [0.25, 0.3) is 5.69 Å². The fourth-order valence-electron chi connectivity index (χ4n) is 4.92. The number of aryl methyl sites for hydroxylation is 1. The Balaban J connectivity index is 0.00000192. The highest BCUT2D eigenvalue weighted by molar-refractivity contribution is 5.85. The number of fused-ring (bicyclic) bond motifs is 1. The predicted octanol–water partition coefficient (Wildman–Crippen LogP) is 3.13. The number of aromatic nitrogens is 4. The van der Waals surface area contributed by atoms with Crippen LogP contribution >= 0.6 is 12.4 Å². The van der Waals surface area contributed by atoms with E-state index in [-0.39, 0.29) is 12.4 Å². The molecule has 2 aliphatic heterocycles. The first-order valence-corrected chi connectivity index (χ1v) is 9.57. The molecular formula is C21H25ClN6. The van der Waals surface area contributed by atoms with Crippen LogP contribution in [0.15, 0.2) is 54.6 Å². The number of hydrogen-bond donors (Lipinski definition) is 0. The maximum Gasteiger partial charge on any atom is 0.250 e. The number of rotatable bonds is 3. The van der Waals surface area contributed by atoms with E-state index < -0.39 is 0 Å². The average molecular weight is 397 g/mol. The monoisotopic (exact) mass is 396 g/mol. The van der Waals surface area contributed by atoms with Crippen molar-refractivity contribution in [1.82, 2.24) is 25.1 Å². The molecule has 0 N–H and O–H groups in total. The molecule has 0 spiro atoms. The molecule has 0 amide bonds. The zero-order valence-corrected chi connectivity index (χ0v) is 17.0. The maximum absolute atomic E-state index is 4.35. The van der Waals surface area contributed by atoms with Crippen LogP contribution in [0.2, 0.25) is 0 Å². The summed E-state index contributed by atoms with van der Waals surface area (Å²) in [6, 6.07) is 19.4. The normalized spacial score (nSPS) is 24.2. The highest BCUT2D eigenvalue weighted by Gasteiger charge is 2.47. The molecule has 3 atom stereocenters. The molecule has 0 radical (unpaired) electrons. The topological polar surface area (TPSA) is 50.1 Å². The summed E-state index contributed by atoms with van der Waals surface area (Å²) >= 11 is 0. The van der Waals surface area contributed by atoms with E-state index in [1.807, 2.05) is 35.0 Å². The van der Waals surface area contributed by atoms with Gasteiger partial charge in [0.15, 0.2) is 0 Å². The van der Waals surface area contributed by atoms with Crippen LogP contribution in [0.5, 0.6) is 0 Å². The molecule has 2 saturated heterocycles. The Labute approximate surface area is 171 Å². The molecule has 3 aromatic rings. The molecule has 0 unspecified atom stereocenters. The van der Waals surface area contributed by atoms with Crippen LogP contribution in [-0.2, 0) is 0 Å². The van der Waals surface area contributed by atoms with Gasteiger partial charge >= 0.3 is 0 Å². The minimum atomic E-state index is 0. The fourth-order valence-corrected chi connectivity index (χ4v) is 4.92. The highest BCUT2D eigenvalue weighted by Crippen LogP contribution is 2.45. The summed E-state index contributed by atoms with van der Waals surface area (Å²) in [7, 11) is 2.26. The molecule has 7 heteroatoms. The SMILES string of the molecule is Cc1ccccc1[C@@H]1[C@@H]2CN(c3nnnn3-c3ccccc3)C[C@@H]2CN1C.Cl. The first-order chi connectivity index (χ1) is 13.2. The summed E-state index contributed by atoms with van der Waals surface area (Å²) in [5, 5.41) is 12.5. The van der Waals surface area contributed by atoms with Crippen molar-refractivity contribution >= 4 is 18.4 Å². The van der Waals surface area contributed by atoms with Crippen molar-refractivity contribution < 1.29 is 0 Å². The van der Waals surface area contributed by atoms with E-state index in [1.54, 1.807) is 0 Å². The first kappa shape index (κ1) is 18.9. The standard InChI is InChI=1S/C21H24N6.ClH/c1-15-8-6-7-11-18(15)20-19-14-26(13-16(19)12-25(20)2)21-22-23-24-27(21)17-9-4-3-5-10-17;/h3-11,16,19-20H,12-14H2,1-2H3;1H/t16-,19+,20+;/m0./s1. The molecule has 0 aliphatic carbocycles. The molecule has 6 nitrogen and oxygen atoms in total. The van der Waals surface area contributed by atoms with Gasteiger partial charge in [-0.15, -0.1) is 12.4 Å². The van der Waals surface area contributed by atoms with Crippen molar-refractivity contribution in [1.29, 1.82) is 0 Å². The van der Waals surface area contributed by atoms with Gasteiger partial charge in [-0.2, -0.15) is 4.68 Å². The molecule has 28 heavy (non-hydrogen) atoms. The lowest BCUT2D eigenvalue weighted by atomic mass is 9.88. The molecular weight excluding hydrogens is 372 g/mol. The number of tetrazole rings is 1. The van der Waals surface area contributed by atoms with Gasteiger partial charge in [-0.25, -0.2) is 0 Å². The van der Waals surface area contributed by atoms with E-state index in [0.29, 0.717) is 17.9 Å². The zero-order valence-electron chi connectivity index (χ0n) is 16.1. The lowest BCUT2D eigenvalue weighted by Crippen LogP contribution is -2.30.